The molecule has 1 saturated heterocycles. The third-order valence-corrected chi connectivity index (χ3v) is 6.13. The first kappa shape index (κ1) is 20.5. The highest BCUT2D eigenvalue weighted by molar-refractivity contribution is 6.12. The second kappa shape index (κ2) is 7.94. The van der Waals surface area contributed by atoms with E-state index in [4.69, 9.17) is 0 Å². The number of fused-ring (bicyclic) bond motifs is 2. The molecule has 4 heterocycles. The molecule has 5 rings (SSSR count). The lowest BCUT2D eigenvalue weighted by Crippen LogP contribution is -2.41. The van der Waals surface area contributed by atoms with Crippen molar-refractivity contribution < 1.29 is 9.18 Å². The smallest absolute Gasteiger partial charge is 0.257 e. The molecule has 164 valence electrons. The maximum atomic E-state index is 14.4. The third kappa shape index (κ3) is 3.71. The van der Waals surface area contributed by atoms with E-state index >= 15 is 0 Å². The normalized spacial score (nSPS) is 21.2. The van der Waals surface area contributed by atoms with Crippen LogP contribution >= 0.6 is 0 Å². The Morgan fingerprint density at radius 3 is 2.75 bits per heavy atom. The Hall–Kier alpha value is -3.39. The van der Waals surface area contributed by atoms with Crippen molar-refractivity contribution in [1.29, 1.82) is 0 Å². The number of carbonyl (C=O) groups is 1. The van der Waals surface area contributed by atoms with E-state index in [2.05, 4.69) is 39.7 Å². The lowest BCUT2D eigenvalue weighted by Gasteiger charge is -2.33. The van der Waals surface area contributed by atoms with Crippen LogP contribution in [0.15, 0.2) is 42.9 Å². The molecule has 1 aliphatic rings. The zero-order chi connectivity index (χ0) is 22.4. The summed E-state index contributed by atoms with van der Waals surface area (Å²) >= 11 is 0. The highest BCUT2D eigenvalue weighted by Gasteiger charge is 2.27. The molecule has 0 saturated carbocycles. The molecule has 2 unspecified atom stereocenters. The van der Waals surface area contributed by atoms with E-state index < -0.39 is 5.82 Å². The zero-order valence-electron chi connectivity index (χ0n) is 18.3. The molecule has 0 radical (unpaired) electrons. The summed E-state index contributed by atoms with van der Waals surface area (Å²) in [7, 11) is 0. The maximum absolute atomic E-state index is 14.4. The highest BCUT2D eigenvalue weighted by atomic mass is 19.1. The number of hydrogen-bond acceptors (Lipinski definition) is 5. The molecular weight excluding hydrogens is 407 g/mol. The highest BCUT2D eigenvalue weighted by Crippen LogP contribution is 2.35. The minimum absolute atomic E-state index is 0.228. The average Bonchev–Trinajstić information content (AvgIpc) is 3.13. The van der Waals surface area contributed by atoms with Crippen molar-refractivity contribution in [3.8, 4) is 0 Å². The zero-order valence-corrected chi connectivity index (χ0v) is 18.3. The van der Waals surface area contributed by atoms with Gasteiger partial charge >= 0.3 is 0 Å². The summed E-state index contributed by atoms with van der Waals surface area (Å²) in [5.74, 6) is -0.472. The first-order valence-electron chi connectivity index (χ1n) is 10.9. The van der Waals surface area contributed by atoms with Gasteiger partial charge in [0.2, 0.25) is 0 Å². The third-order valence-electron chi connectivity index (χ3n) is 6.13. The van der Waals surface area contributed by atoms with Crippen LogP contribution in [0.5, 0.6) is 0 Å². The Kier molecular flexibility index (Phi) is 5.09. The van der Waals surface area contributed by atoms with Gasteiger partial charge in [0.1, 0.15) is 5.52 Å². The quantitative estimate of drug-likeness (QED) is 0.506. The summed E-state index contributed by atoms with van der Waals surface area (Å²) in [5, 5.41) is 15.6. The van der Waals surface area contributed by atoms with Gasteiger partial charge in [0.05, 0.1) is 23.1 Å². The van der Waals surface area contributed by atoms with Gasteiger partial charge in [0.15, 0.2) is 11.5 Å². The molecule has 7 nitrogen and oxygen atoms in total. The van der Waals surface area contributed by atoms with E-state index in [1.807, 2.05) is 12.1 Å². The standard InChI is InChI=1S/C24H25FN6O/c1-13-8-16(9-14(2)27-13)18-4-5-20(22-19(18)6-7-26-30-22)24(32)29-17-10-21(25)23-28-15(3)11-31(23)12-17/h4-7,10-14,16,27H,8-9H2,1-3H3,(H,29,32). The van der Waals surface area contributed by atoms with Gasteiger partial charge in [-0.15, -0.1) is 5.10 Å². The Labute approximate surface area is 185 Å². The molecular formula is C24H25FN6O. The number of pyridine rings is 1. The van der Waals surface area contributed by atoms with E-state index in [0.29, 0.717) is 40.5 Å². The lowest BCUT2D eigenvalue weighted by molar-refractivity contribution is 0.102. The number of halogens is 1. The number of nitrogens with zero attached hydrogens (tertiary/aromatic N) is 4. The molecule has 4 aromatic rings. The number of hydrogen-bond donors (Lipinski definition) is 2. The molecule has 0 bridgehead atoms. The fraction of sp³-hybridized carbons (Fsp3) is 0.333. The Bertz CT molecular complexity index is 1320. The van der Waals surface area contributed by atoms with Gasteiger partial charge in [0, 0.05) is 35.9 Å². The van der Waals surface area contributed by atoms with Gasteiger partial charge in [-0.3, -0.25) is 4.79 Å². The first-order valence-corrected chi connectivity index (χ1v) is 10.9. The molecule has 1 fully saturated rings. The number of benzene rings is 1. The van der Waals surface area contributed by atoms with E-state index in [1.165, 1.54) is 11.6 Å². The number of amides is 1. The second-order valence-corrected chi connectivity index (χ2v) is 8.78. The summed E-state index contributed by atoms with van der Waals surface area (Å²) in [6, 6.07) is 7.87. The molecule has 8 heteroatoms. The predicted molar refractivity (Wildman–Crippen MR) is 121 cm³/mol. The molecule has 2 N–H and O–H groups in total. The van der Waals surface area contributed by atoms with Crippen LogP contribution in [0, 0.1) is 12.7 Å². The topological polar surface area (TPSA) is 84.2 Å². The monoisotopic (exact) mass is 432 g/mol. The summed E-state index contributed by atoms with van der Waals surface area (Å²) in [4.78, 5) is 17.3. The van der Waals surface area contributed by atoms with Crippen LogP contribution in [0.2, 0.25) is 0 Å². The van der Waals surface area contributed by atoms with Crippen molar-refractivity contribution in [2.24, 2.45) is 0 Å². The van der Waals surface area contributed by atoms with Gasteiger partial charge in [0.25, 0.3) is 5.91 Å². The molecule has 2 atom stereocenters. The van der Waals surface area contributed by atoms with Crippen LogP contribution in [0.4, 0.5) is 10.1 Å². The number of piperidine rings is 1. The summed E-state index contributed by atoms with van der Waals surface area (Å²) in [6.45, 7) is 6.19. The number of anilines is 1. The molecule has 1 aromatic carbocycles. The van der Waals surface area contributed by atoms with Crippen LogP contribution < -0.4 is 10.6 Å². The number of aromatic nitrogens is 4. The Morgan fingerprint density at radius 1 is 1.19 bits per heavy atom. The van der Waals surface area contributed by atoms with E-state index in [9.17, 15) is 9.18 Å². The van der Waals surface area contributed by atoms with E-state index in [-0.39, 0.29) is 11.6 Å². The van der Waals surface area contributed by atoms with Crippen molar-refractivity contribution >= 4 is 28.1 Å². The Balaban J connectivity index is 1.50. The second-order valence-electron chi connectivity index (χ2n) is 8.78. The number of carbonyl (C=O) groups excluding carboxylic acids is 1. The number of rotatable bonds is 3. The van der Waals surface area contributed by atoms with Crippen molar-refractivity contribution in [1.82, 2.24) is 24.9 Å². The summed E-state index contributed by atoms with van der Waals surface area (Å²) in [5.41, 5.74) is 3.43. The van der Waals surface area contributed by atoms with Crippen LogP contribution in [-0.4, -0.2) is 37.6 Å². The first-order chi connectivity index (χ1) is 15.4. The summed E-state index contributed by atoms with van der Waals surface area (Å²) in [6.07, 6.45) is 7.07. The van der Waals surface area contributed by atoms with Gasteiger partial charge in [-0.05, 0) is 57.2 Å². The minimum Gasteiger partial charge on any atom is -0.320 e. The van der Waals surface area contributed by atoms with Gasteiger partial charge in [-0.2, -0.15) is 5.10 Å². The molecule has 1 aliphatic heterocycles. The van der Waals surface area contributed by atoms with Crippen LogP contribution in [0.3, 0.4) is 0 Å². The van der Waals surface area contributed by atoms with Gasteiger partial charge < -0.3 is 15.0 Å². The molecule has 0 spiro atoms. The van der Waals surface area contributed by atoms with Crippen molar-refractivity contribution in [2.45, 2.75) is 51.6 Å². The average molecular weight is 433 g/mol. The van der Waals surface area contributed by atoms with E-state index in [1.54, 1.807) is 36.0 Å². The van der Waals surface area contributed by atoms with Crippen LogP contribution in [0.1, 0.15) is 54.2 Å². The van der Waals surface area contributed by atoms with Crippen LogP contribution in [-0.2, 0) is 0 Å². The SMILES string of the molecule is Cc1cn2cc(NC(=O)c3ccc(C4CC(C)NC(C)C4)c4ccnnc34)cc(F)c2n1. The fourth-order valence-electron chi connectivity index (χ4n) is 4.92. The molecule has 1 amide bonds. The number of nitrogens with one attached hydrogen (secondary N) is 2. The lowest BCUT2D eigenvalue weighted by atomic mass is 9.82. The van der Waals surface area contributed by atoms with Gasteiger partial charge in [-0.1, -0.05) is 6.07 Å². The number of aryl methyl sites for hydroxylation is 1. The van der Waals surface area contributed by atoms with E-state index in [0.717, 1.165) is 18.2 Å². The maximum Gasteiger partial charge on any atom is 0.257 e. The molecule has 32 heavy (non-hydrogen) atoms. The van der Waals surface area contributed by atoms with Crippen molar-refractivity contribution in [2.75, 3.05) is 5.32 Å². The van der Waals surface area contributed by atoms with Crippen molar-refractivity contribution in [3.05, 3.63) is 65.5 Å². The molecule has 3 aromatic heterocycles. The van der Waals surface area contributed by atoms with Crippen LogP contribution in [0.25, 0.3) is 16.6 Å². The Morgan fingerprint density at radius 2 is 1.97 bits per heavy atom. The van der Waals surface area contributed by atoms with Crippen molar-refractivity contribution in [3.63, 3.8) is 0 Å². The predicted octanol–water partition coefficient (Wildman–Crippen LogP) is 4.22. The molecule has 0 aliphatic carbocycles. The van der Waals surface area contributed by atoms with Gasteiger partial charge in [-0.25, -0.2) is 9.37 Å². The number of imidazole rings is 1. The minimum atomic E-state index is -0.495. The summed E-state index contributed by atoms with van der Waals surface area (Å²) < 4.78 is 16.0. The largest absolute Gasteiger partial charge is 0.320 e. The fourth-order valence-corrected chi connectivity index (χ4v) is 4.92.